The van der Waals surface area contributed by atoms with Crippen molar-refractivity contribution < 1.29 is 40.6 Å². The number of halogens is 8. The summed E-state index contributed by atoms with van der Waals surface area (Å²) in [4.78, 5) is 0. The maximum absolute atomic E-state index is 12.2. The highest BCUT2D eigenvalue weighted by atomic mass is 35.5. The Hall–Kier alpha value is -6.34. The van der Waals surface area contributed by atoms with E-state index in [0.29, 0.717) is 74.6 Å². The van der Waals surface area contributed by atoms with Gasteiger partial charge in [0.2, 0.25) is 0 Å². The predicted octanol–water partition coefficient (Wildman–Crippen LogP) is 9.49. The Labute approximate surface area is 360 Å². The second kappa shape index (κ2) is 24.0. The van der Waals surface area contributed by atoms with E-state index in [9.17, 15) is 26.3 Å². The zero-order chi connectivity index (χ0) is 46.8. The molecule has 0 aliphatic rings. The standard InChI is InChI=1S/C12H20N2O2.C8H6F6N2.C7H9ClN2O.C7H9ClN2.C6H8N2/c1-3-5-15-11-7-10(14)12(8-9(11)13)16-6-4-2;9-7(10,11)3-1-5(15)4(2-6(3)16)8(12,13)14;1-11-7-3-5(9)4(8)2-6(7)10;1-4-2-7(10)5(8)3-6(4)9;7-5-1-2-6(8)4-3-5/h7-8H,3-6,13-14H2,1-2H3;1-2H,15-16H2;2-3H,9-10H2,1H3;2-3H,9-10H2,1H3;1-4H,7-8H2. The van der Waals surface area contributed by atoms with Gasteiger partial charge < -0.3 is 71.5 Å². The molecule has 0 fully saturated rings. The van der Waals surface area contributed by atoms with Crippen LogP contribution in [0.1, 0.15) is 43.4 Å². The van der Waals surface area contributed by atoms with Crippen LogP contribution in [0.5, 0.6) is 17.2 Å². The Balaban J connectivity index is 0.000000390. The van der Waals surface area contributed by atoms with Crippen molar-refractivity contribution in [1.29, 1.82) is 0 Å². The van der Waals surface area contributed by atoms with Gasteiger partial charge in [-0.2, -0.15) is 26.3 Å². The highest BCUT2D eigenvalue weighted by molar-refractivity contribution is 6.33. The van der Waals surface area contributed by atoms with E-state index in [1.54, 1.807) is 60.7 Å². The molecule has 20 N–H and O–H groups in total. The fourth-order valence-corrected chi connectivity index (χ4v) is 4.71. The summed E-state index contributed by atoms with van der Waals surface area (Å²) >= 11 is 11.4. The molecule has 0 atom stereocenters. The van der Waals surface area contributed by atoms with E-state index in [1.807, 2.05) is 20.8 Å². The SMILES string of the molecule is CCCOc1cc(N)c(OCCC)cc1N.COc1cc(N)c(Cl)cc1N.Cc1cc(N)c(Cl)cc1N.Nc1cc(C(F)(F)F)c(N)cc1C(F)(F)F.Nc1ccc(N)cc1. The molecule has 13 nitrogen and oxygen atoms in total. The number of anilines is 10. The van der Waals surface area contributed by atoms with Crippen molar-refractivity contribution in [2.75, 3.05) is 77.7 Å². The molecule has 5 aromatic rings. The van der Waals surface area contributed by atoms with E-state index in [4.69, 9.17) is 94.7 Å². The van der Waals surface area contributed by atoms with Crippen molar-refractivity contribution in [3.63, 3.8) is 0 Å². The lowest BCUT2D eigenvalue weighted by molar-refractivity contribution is -0.140. The van der Waals surface area contributed by atoms with E-state index in [1.165, 1.54) is 7.11 Å². The van der Waals surface area contributed by atoms with E-state index in [0.717, 1.165) is 29.8 Å². The van der Waals surface area contributed by atoms with Crippen LogP contribution >= 0.6 is 23.2 Å². The lowest BCUT2D eigenvalue weighted by Gasteiger charge is -2.15. The number of rotatable bonds is 7. The average molecular weight is 906 g/mol. The molecule has 0 saturated heterocycles. The highest BCUT2D eigenvalue weighted by Gasteiger charge is 2.38. The number of nitrogens with two attached hydrogens (primary N) is 10. The lowest BCUT2D eigenvalue weighted by Crippen LogP contribution is -2.15. The molecule has 0 aliphatic heterocycles. The summed E-state index contributed by atoms with van der Waals surface area (Å²) < 4.78 is 89.3. The fourth-order valence-electron chi connectivity index (χ4n) is 4.37. The summed E-state index contributed by atoms with van der Waals surface area (Å²) in [6.07, 6.45) is -7.79. The van der Waals surface area contributed by atoms with Crippen LogP contribution in [0.15, 0.2) is 72.8 Å². The molecule has 0 aromatic heterocycles. The van der Waals surface area contributed by atoms with Crippen LogP contribution in [0, 0.1) is 6.92 Å². The van der Waals surface area contributed by atoms with Crippen LogP contribution < -0.4 is 71.5 Å². The minimum atomic E-state index is -4.83. The van der Waals surface area contributed by atoms with Gasteiger partial charge >= 0.3 is 12.4 Å². The van der Waals surface area contributed by atoms with Crippen LogP contribution in [-0.2, 0) is 12.4 Å². The third-order valence-electron chi connectivity index (χ3n) is 7.57. The first kappa shape index (κ1) is 52.7. The van der Waals surface area contributed by atoms with Crippen LogP contribution in [0.4, 0.5) is 83.2 Å². The molecular weight excluding hydrogens is 853 g/mol. The monoisotopic (exact) mass is 904 g/mol. The maximum Gasteiger partial charge on any atom is 0.418 e. The van der Waals surface area contributed by atoms with Gasteiger partial charge in [-0.1, -0.05) is 37.0 Å². The van der Waals surface area contributed by atoms with E-state index < -0.39 is 34.9 Å². The molecule has 5 aromatic carbocycles. The van der Waals surface area contributed by atoms with Gasteiger partial charge in [0, 0.05) is 46.6 Å². The van der Waals surface area contributed by atoms with Crippen LogP contribution in [0.2, 0.25) is 10.0 Å². The molecule has 0 saturated carbocycles. The van der Waals surface area contributed by atoms with Crippen molar-refractivity contribution in [3.8, 4) is 17.2 Å². The summed E-state index contributed by atoms with van der Waals surface area (Å²) in [5, 5.41) is 0.964. The van der Waals surface area contributed by atoms with Gasteiger partial charge in [-0.05, 0) is 79.9 Å². The number of benzene rings is 5. The van der Waals surface area contributed by atoms with Crippen LogP contribution in [-0.4, -0.2) is 20.3 Å². The van der Waals surface area contributed by atoms with Gasteiger partial charge in [-0.25, -0.2) is 0 Å². The Morgan fingerprint density at radius 3 is 1.11 bits per heavy atom. The van der Waals surface area contributed by atoms with Gasteiger partial charge in [0.1, 0.15) is 17.2 Å². The zero-order valence-corrected chi connectivity index (χ0v) is 35.3. The van der Waals surface area contributed by atoms with Gasteiger partial charge in [0.05, 0.1) is 69.9 Å². The minimum Gasteiger partial charge on any atom is -0.495 e. The quantitative estimate of drug-likeness (QED) is 0.0538. The molecule has 0 bridgehead atoms. The molecule has 0 amide bonds. The van der Waals surface area contributed by atoms with Gasteiger partial charge in [0.25, 0.3) is 0 Å². The Morgan fingerprint density at radius 1 is 0.459 bits per heavy atom. The van der Waals surface area contributed by atoms with Crippen LogP contribution in [0.25, 0.3) is 0 Å². The lowest BCUT2D eigenvalue weighted by atomic mass is 10.1. The molecule has 0 heterocycles. The molecular formula is C40H52Cl2F6N10O3. The van der Waals surface area contributed by atoms with Crippen molar-refractivity contribution in [2.24, 2.45) is 0 Å². The number of aryl methyl sites for hydroxylation is 1. The van der Waals surface area contributed by atoms with E-state index in [-0.39, 0.29) is 12.1 Å². The summed E-state index contributed by atoms with van der Waals surface area (Å²) in [7, 11) is 1.53. The van der Waals surface area contributed by atoms with Crippen molar-refractivity contribution in [3.05, 3.63) is 99.5 Å². The van der Waals surface area contributed by atoms with Gasteiger partial charge in [-0.15, -0.1) is 0 Å². The molecule has 0 radical (unpaired) electrons. The summed E-state index contributed by atoms with van der Waals surface area (Å²) in [6, 6.07) is 17.5. The van der Waals surface area contributed by atoms with Crippen molar-refractivity contribution >= 4 is 80.1 Å². The first-order chi connectivity index (χ1) is 28.3. The highest BCUT2D eigenvalue weighted by Crippen LogP contribution is 2.41. The zero-order valence-electron chi connectivity index (χ0n) is 33.8. The first-order valence-corrected chi connectivity index (χ1v) is 18.6. The third kappa shape index (κ3) is 17.8. The Bertz CT molecular complexity index is 2020. The summed E-state index contributed by atoms with van der Waals surface area (Å²) in [6.45, 7) is 7.25. The van der Waals surface area contributed by atoms with Crippen molar-refractivity contribution in [2.45, 2.75) is 46.0 Å². The molecule has 0 unspecified atom stereocenters. The number of hydrogen-bond acceptors (Lipinski definition) is 13. The summed E-state index contributed by atoms with van der Waals surface area (Å²) in [5.41, 5.74) is 55.3. The Morgan fingerprint density at radius 2 is 0.787 bits per heavy atom. The van der Waals surface area contributed by atoms with E-state index in [2.05, 4.69) is 0 Å². The number of ether oxygens (including phenoxy) is 3. The first-order valence-electron chi connectivity index (χ1n) is 17.9. The normalized spacial score (nSPS) is 10.6. The minimum absolute atomic E-state index is 0.179. The maximum atomic E-state index is 12.2. The molecule has 336 valence electrons. The smallest absolute Gasteiger partial charge is 0.418 e. The van der Waals surface area contributed by atoms with Gasteiger partial charge in [-0.3, -0.25) is 0 Å². The van der Waals surface area contributed by atoms with E-state index >= 15 is 0 Å². The molecule has 0 spiro atoms. The van der Waals surface area contributed by atoms with Crippen LogP contribution in [0.3, 0.4) is 0 Å². The number of alkyl halides is 6. The number of hydrogen-bond donors (Lipinski definition) is 10. The summed E-state index contributed by atoms with van der Waals surface area (Å²) in [5.74, 6) is 1.80. The van der Waals surface area contributed by atoms with Crippen molar-refractivity contribution in [1.82, 2.24) is 0 Å². The molecule has 61 heavy (non-hydrogen) atoms. The fraction of sp³-hybridized carbons (Fsp3) is 0.250. The number of nitrogen functional groups attached to an aromatic ring is 10. The topological polar surface area (TPSA) is 288 Å². The number of methoxy groups -OCH3 is 1. The average Bonchev–Trinajstić information content (AvgIpc) is 3.17. The largest absolute Gasteiger partial charge is 0.495 e. The second-order valence-electron chi connectivity index (χ2n) is 12.7. The molecule has 21 heteroatoms. The van der Waals surface area contributed by atoms with Gasteiger partial charge in [0.15, 0.2) is 0 Å². The molecule has 5 rings (SSSR count). The predicted molar refractivity (Wildman–Crippen MR) is 239 cm³/mol. The Kier molecular flexibility index (Phi) is 20.8. The third-order valence-corrected chi connectivity index (χ3v) is 8.22. The molecule has 0 aliphatic carbocycles. The second-order valence-corrected chi connectivity index (χ2v) is 13.5.